The van der Waals surface area contributed by atoms with Crippen LogP contribution in [0.15, 0.2) is 24.3 Å². The molecule has 16 heavy (non-hydrogen) atoms. The quantitative estimate of drug-likeness (QED) is 0.579. The molecule has 0 aromatic heterocycles. The van der Waals surface area contributed by atoms with Crippen molar-refractivity contribution in [3.63, 3.8) is 0 Å². The predicted octanol–water partition coefficient (Wildman–Crippen LogP) is 3.52. The zero-order valence-corrected chi connectivity index (χ0v) is 10.00. The topological polar surface area (TPSA) is 40.9 Å². The molecule has 2 nitrogen and oxygen atoms in total. The summed E-state index contributed by atoms with van der Waals surface area (Å²) in [5.41, 5.74) is 1.63. The van der Waals surface area contributed by atoms with Crippen LogP contribution in [-0.4, -0.2) is 11.7 Å². The van der Waals surface area contributed by atoms with Gasteiger partial charge in [0.1, 0.15) is 0 Å². The van der Waals surface area contributed by atoms with Crippen molar-refractivity contribution >= 4 is 17.4 Å². The molecule has 1 rings (SSSR count). The standard InChI is InChI=1S/C13H14ClNO/c1-10(9-15)11-4-6-12(7-5-11)13(16)3-2-8-14/h4-7,10H,2-3,8H2,1H3. The van der Waals surface area contributed by atoms with Gasteiger partial charge in [0.15, 0.2) is 5.78 Å². The second kappa shape index (κ2) is 6.30. The van der Waals surface area contributed by atoms with E-state index in [1.54, 1.807) is 12.1 Å². The average molecular weight is 236 g/mol. The summed E-state index contributed by atoms with van der Waals surface area (Å²) in [7, 11) is 0. The molecular weight excluding hydrogens is 222 g/mol. The molecule has 0 saturated heterocycles. The van der Waals surface area contributed by atoms with Crippen LogP contribution >= 0.6 is 11.6 Å². The number of hydrogen-bond donors (Lipinski definition) is 0. The van der Waals surface area contributed by atoms with Crippen molar-refractivity contribution in [1.29, 1.82) is 5.26 Å². The smallest absolute Gasteiger partial charge is 0.162 e. The van der Waals surface area contributed by atoms with Crippen LogP contribution in [0.5, 0.6) is 0 Å². The van der Waals surface area contributed by atoms with Crippen LogP contribution < -0.4 is 0 Å². The molecule has 1 aromatic rings. The molecular formula is C13H14ClNO. The van der Waals surface area contributed by atoms with Gasteiger partial charge in [0, 0.05) is 17.9 Å². The Labute approximate surface area is 101 Å². The molecule has 0 aliphatic rings. The first-order valence-electron chi connectivity index (χ1n) is 5.27. The van der Waals surface area contributed by atoms with E-state index in [2.05, 4.69) is 6.07 Å². The zero-order chi connectivity index (χ0) is 12.0. The first kappa shape index (κ1) is 12.7. The molecule has 0 heterocycles. The van der Waals surface area contributed by atoms with Gasteiger partial charge in [0.2, 0.25) is 0 Å². The minimum atomic E-state index is -0.132. The van der Waals surface area contributed by atoms with E-state index in [9.17, 15) is 4.79 Å². The first-order chi connectivity index (χ1) is 7.69. The maximum absolute atomic E-state index is 11.6. The van der Waals surface area contributed by atoms with Crippen LogP contribution in [-0.2, 0) is 0 Å². The summed E-state index contributed by atoms with van der Waals surface area (Å²) >= 11 is 5.53. The predicted molar refractivity (Wildman–Crippen MR) is 64.8 cm³/mol. The fourth-order valence-corrected chi connectivity index (χ4v) is 1.54. The molecule has 0 fully saturated rings. The molecule has 3 heteroatoms. The van der Waals surface area contributed by atoms with Crippen LogP contribution in [0.25, 0.3) is 0 Å². The van der Waals surface area contributed by atoms with Crippen molar-refractivity contribution in [3.8, 4) is 6.07 Å². The Kier molecular flexibility index (Phi) is 5.01. The molecule has 1 atom stereocenters. The summed E-state index contributed by atoms with van der Waals surface area (Å²) in [5.74, 6) is 0.485. The Morgan fingerprint density at radius 2 is 2.06 bits per heavy atom. The number of benzene rings is 1. The number of alkyl halides is 1. The molecule has 0 N–H and O–H groups in total. The number of nitrogens with zero attached hydrogens (tertiary/aromatic N) is 1. The molecule has 1 aromatic carbocycles. The molecule has 0 bridgehead atoms. The number of carbonyl (C=O) groups is 1. The Hall–Kier alpha value is -1.33. The highest BCUT2D eigenvalue weighted by Crippen LogP contribution is 2.15. The average Bonchev–Trinajstić information content (AvgIpc) is 2.35. The van der Waals surface area contributed by atoms with Crippen molar-refractivity contribution in [2.45, 2.75) is 25.7 Å². The van der Waals surface area contributed by atoms with Crippen LogP contribution in [0.2, 0.25) is 0 Å². The Morgan fingerprint density at radius 3 is 2.56 bits per heavy atom. The van der Waals surface area contributed by atoms with Gasteiger partial charge in [-0.1, -0.05) is 24.3 Å². The van der Waals surface area contributed by atoms with Crippen molar-refractivity contribution in [1.82, 2.24) is 0 Å². The highest BCUT2D eigenvalue weighted by molar-refractivity contribution is 6.18. The molecule has 0 radical (unpaired) electrons. The van der Waals surface area contributed by atoms with E-state index in [0.29, 0.717) is 24.3 Å². The number of Topliss-reactive ketones (excluding diaryl/α,β-unsaturated/α-hetero) is 1. The number of ketones is 1. The van der Waals surface area contributed by atoms with Crippen molar-refractivity contribution in [2.75, 3.05) is 5.88 Å². The van der Waals surface area contributed by atoms with Gasteiger partial charge in [-0.2, -0.15) is 5.26 Å². The number of hydrogen-bond acceptors (Lipinski definition) is 2. The molecule has 1 unspecified atom stereocenters. The van der Waals surface area contributed by atoms with Crippen LogP contribution in [0, 0.1) is 11.3 Å². The van der Waals surface area contributed by atoms with Crippen LogP contribution in [0.3, 0.4) is 0 Å². The number of carbonyl (C=O) groups excluding carboxylic acids is 1. The van der Waals surface area contributed by atoms with E-state index in [-0.39, 0.29) is 11.7 Å². The lowest BCUT2D eigenvalue weighted by atomic mass is 9.99. The number of rotatable bonds is 5. The summed E-state index contributed by atoms with van der Waals surface area (Å²) in [6.45, 7) is 1.84. The van der Waals surface area contributed by atoms with Crippen molar-refractivity contribution in [3.05, 3.63) is 35.4 Å². The maximum atomic E-state index is 11.6. The summed E-state index contributed by atoms with van der Waals surface area (Å²) < 4.78 is 0. The van der Waals surface area contributed by atoms with Gasteiger partial charge < -0.3 is 0 Å². The lowest BCUT2D eigenvalue weighted by Gasteiger charge is -2.04. The number of nitriles is 1. The maximum Gasteiger partial charge on any atom is 0.162 e. The molecule has 0 aliphatic carbocycles. The molecule has 0 spiro atoms. The second-order valence-corrected chi connectivity index (χ2v) is 4.07. The lowest BCUT2D eigenvalue weighted by molar-refractivity contribution is 0.0982. The van der Waals surface area contributed by atoms with Gasteiger partial charge in [0.05, 0.1) is 12.0 Å². The summed E-state index contributed by atoms with van der Waals surface area (Å²) in [6.07, 6.45) is 1.19. The van der Waals surface area contributed by atoms with E-state index in [0.717, 1.165) is 5.56 Å². The van der Waals surface area contributed by atoms with Gasteiger partial charge in [-0.3, -0.25) is 4.79 Å². The Morgan fingerprint density at radius 1 is 1.44 bits per heavy atom. The molecule has 0 amide bonds. The van der Waals surface area contributed by atoms with Gasteiger partial charge >= 0.3 is 0 Å². The minimum absolute atomic E-state index is 0.108. The zero-order valence-electron chi connectivity index (χ0n) is 9.24. The van der Waals surface area contributed by atoms with E-state index in [1.807, 2.05) is 19.1 Å². The summed E-state index contributed by atoms with van der Waals surface area (Å²) in [5, 5.41) is 8.75. The third-order valence-electron chi connectivity index (χ3n) is 2.46. The number of halogens is 1. The monoisotopic (exact) mass is 235 g/mol. The van der Waals surface area contributed by atoms with Gasteiger partial charge in [0.25, 0.3) is 0 Å². The third-order valence-corrected chi connectivity index (χ3v) is 2.73. The fraction of sp³-hybridized carbons (Fsp3) is 0.385. The van der Waals surface area contributed by atoms with Crippen molar-refractivity contribution in [2.24, 2.45) is 0 Å². The largest absolute Gasteiger partial charge is 0.294 e. The van der Waals surface area contributed by atoms with Crippen LogP contribution in [0.4, 0.5) is 0 Å². The first-order valence-corrected chi connectivity index (χ1v) is 5.81. The Bertz CT molecular complexity index is 391. The Balaban J connectivity index is 2.72. The van der Waals surface area contributed by atoms with Gasteiger partial charge in [-0.15, -0.1) is 11.6 Å². The van der Waals surface area contributed by atoms with E-state index in [4.69, 9.17) is 16.9 Å². The van der Waals surface area contributed by atoms with Crippen molar-refractivity contribution < 1.29 is 4.79 Å². The summed E-state index contributed by atoms with van der Waals surface area (Å²) in [6, 6.07) is 9.39. The van der Waals surface area contributed by atoms with E-state index in [1.165, 1.54) is 0 Å². The van der Waals surface area contributed by atoms with E-state index < -0.39 is 0 Å². The van der Waals surface area contributed by atoms with E-state index >= 15 is 0 Å². The summed E-state index contributed by atoms with van der Waals surface area (Å²) in [4.78, 5) is 11.6. The van der Waals surface area contributed by atoms with Gasteiger partial charge in [-0.05, 0) is 18.9 Å². The minimum Gasteiger partial charge on any atom is -0.294 e. The van der Waals surface area contributed by atoms with Crippen LogP contribution in [0.1, 0.15) is 41.6 Å². The highest BCUT2D eigenvalue weighted by atomic mass is 35.5. The SMILES string of the molecule is CC(C#N)c1ccc(C(=O)CCCCl)cc1. The third kappa shape index (κ3) is 3.36. The molecule has 0 aliphatic heterocycles. The fourth-order valence-electron chi connectivity index (χ4n) is 1.40. The van der Waals surface area contributed by atoms with Gasteiger partial charge in [-0.25, -0.2) is 0 Å². The second-order valence-electron chi connectivity index (χ2n) is 3.69. The molecule has 84 valence electrons. The molecule has 0 saturated carbocycles. The normalized spacial score (nSPS) is 11.8. The highest BCUT2D eigenvalue weighted by Gasteiger charge is 2.07. The lowest BCUT2D eigenvalue weighted by Crippen LogP contribution is -2.00.